The minimum atomic E-state index is 0.504. The van der Waals surface area contributed by atoms with Gasteiger partial charge >= 0.3 is 0 Å². The lowest BCUT2D eigenvalue weighted by atomic mass is 9.95. The van der Waals surface area contributed by atoms with Crippen molar-refractivity contribution >= 4 is 10.9 Å². The summed E-state index contributed by atoms with van der Waals surface area (Å²) in [4.78, 5) is 3.44. The summed E-state index contributed by atoms with van der Waals surface area (Å²) >= 11 is 0. The van der Waals surface area contributed by atoms with Crippen molar-refractivity contribution in [1.82, 2.24) is 4.98 Å². The van der Waals surface area contributed by atoms with Crippen molar-refractivity contribution in [1.29, 1.82) is 0 Å². The van der Waals surface area contributed by atoms with E-state index in [1.807, 2.05) is 0 Å². The molecule has 3 N–H and O–H groups in total. The second-order valence-corrected chi connectivity index (χ2v) is 5.34. The Kier molecular flexibility index (Phi) is 3.25. The van der Waals surface area contributed by atoms with Crippen LogP contribution in [0.3, 0.4) is 0 Å². The maximum Gasteiger partial charge on any atom is 0.0459 e. The molecule has 0 aliphatic carbocycles. The summed E-state index contributed by atoms with van der Waals surface area (Å²) in [5, 5.41) is 1.34. The van der Waals surface area contributed by atoms with E-state index in [4.69, 9.17) is 5.73 Å². The molecule has 2 heteroatoms. The molecular formula is C15H22N2. The van der Waals surface area contributed by atoms with Crippen molar-refractivity contribution in [2.45, 2.75) is 46.1 Å². The van der Waals surface area contributed by atoms with Gasteiger partial charge in [-0.15, -0.1) is 0 Å². The zero-order valence-corrected chi connectivity index (χ0v) is 11.2. The molecule has 0 unspecified atom stereocenters. The molecule has 0 aliphatic rings. The molecule has 0 bridgehead atoms. The Hall–Kier alpha value is -1.28. The van der Waals surface area contributed by atoms with Gasteiger partial charge in [0.1, 0.15) is 0 Å². The molecule has 1 heterocycles. The summed E-state index contributed by atoms with van der Waals surface area (Å²) < 4.78 is 0. The fourth-order valence-electron chi connectivity index (χ4n) is 2.47. The van der Waals surface area contributed by atoms with E-state index < -0.39 is 0 Å². The number of hydrogen-bond acceptors (Lipinski definition) is 1. The lowest BCUT2D eigenvalue weighted by Gasteiger charge is -2.09. The van der Waals surface area contributed by atoms with E-state index in [-0.39, 0.29) is 0 Å². The topological polar surface area (TPSA) is 41.8 Å². The summed E-state index contributed by atoms with van der Waals surface area (Å²) in [6.45, 7) is 9.49. The third kappa shape index (κ3) is 2.09. The van der Waals surface area contributed by atoms with Crippen LogP contribution in [0, 0.1) is 0 Å². The predicted octanol–water partition coefficient (Wildman–Crippen LogP) is 3.87. The van der Waals surface area contributed by atoms with Crippen molar-refractivity contribution in [3.05, 3.63) is 35.0 Å². The van der Waals surface area contributed by atoms with Crippen molar-refractivity contribution in [3.63, 3.8) is 0 Å². The van der Waals surface area contributed by atoms with Gasteiger partial charge in [0.15, 0.2) is 0 Å². The maximum absolute atomic E-state index is 5.82. The van der Waals surface area contributed by atoms with Gasteiger partial charge in [-0.05, 0) is 35.1 Å². The molecule has 0 radical (unpaired) electrons. The number of benzene rings is 1. The maximum atomic E-state index is 5.82. The molecule has 0 amide bonds. The molecule has 2 rings (SSSR count). The number of H-pyrrole nitrogens is 1. The first kappa shape index (κ1) is 12.2. The number of aromatic nitrogens is 1. The molecule has 0 atom stereocenters. The average Bonchev–Trinajstić information content (AvgIpc) is 2.65. The van der Waals surface area contributed by atoms with Gasteiger partial charge in [-0.3, -0.25) is 0 Å². The number of rotatable bonds is 3. The number of fused-ring (bicyclic) bond motifs is 1. The Morgan fingerprint density at radius 1 is 1.12 bits per heavy atom. The van der Waals surface area contributed by atoms with Crippen LogP contribution in [-0.4, -0.2) is 4.98 Å². The van der Waals surface area contributed by atoms with Gasteiger partial charge in [-0.25, -0.2) is 0 Å². The lowest BCUT2D eigenvalue weighted by Crippen LogP contribution is -2.01. The summed E-state index contributed by atoms with van der Waals surface area (Å²) in [7, 11) is 0. The third-order valence-electron chi connectivity index (χ3n) is 3.39. The monoisotopic (exact) mass is 230 g/mol. The Morgan fingerprint density at radius 3 is 2.35 bits per heavy atom. The summed E-state index contributed by atoms with van der Waals surface area (Å²) in [6.07, 6.45) is 0. The fourth-order valence-corrected chi connectivity index (χ4v) is 2.47. The standard InChI is InChI=1S/C15H22N2/c1-9(2)11-5-6-13-12(7-11)15(10(3)4)14(8-16)17-13/h5-7,9-10,17H,8,16H2,1-4H3. The Labute approximate surface area is 103 Å². The first-order chi connectivity index (χ1) is 8.04. The molecule has 0 fully saturated rings. The largest absolute Gasteiger partial charge is 0.357 e. The highest BCUT2D eigenvalue weighted by atomic mass is 14.8. The van der Waals surface area contributed by atoms with Gasteiger partial charge < -0.3 is 10.7 Å². The van der Waals surface area contributed by atoms with Gasteiger partial charge in [-0.1, -0.05) is 33.8 Å². The van der Waals surface area contributed by atoms with Gasteiger partial charge in [0.2, 0.25) is 0 Å². The highest BCUT2D eigenvalue weighted by Crippen LogP contribution is 2.31. The van der Waals surface area contributed by atoms with E-state index in [1.165, 1.54) is 27.7 Å². The molecular weight excluding hydrogens is 208 g/mol. The smallest absolute Gasteiger partial charge is 0.0459 e. The Bertz CT molecular complexity index is 521. The molecule has 92 valence electrons. The second-order valence-electron chi connectivity index (χ2n) is 5.34. The highest BCUT2D eigenvalue weighted by Gasteiger charge is 2.14. The van der Waals surface area contributed by atoms with Crippen molar-refractivity contribution in [3.8, 4) is 0 Å². The molecule has 0 saturated carbocycles. The molecule has 17 heavy (non-hydrogen) atoms. The SMILES string of the molecule is CC(C)c1ccc2[nH]c(CN)c(C(C)C)c2c1. The van der Waals surface area contributed by atoms with E-state index in [2.05, 4.69) is 50.9 Å². The second kappa shape index (κ2) is 4.53. The number of nitrogens with two attached hydrogens (primary N) is 1. The van der Waals surface area contributed by atoms with E-state index in [9.17, 15) is 0 Å². The van der Waals surface area contributed by atoms with Crippen LogP contribution in [0.15, 0.2) is 18.2 Å². The van der Waals surface area contributed by atoms with Crippen LogP contribution in [-0.2, 0) is 6.54 Å². The molecule has 2 aromatic rings. The van der Waals surface area contributed by atoms with Crippen LogP contribution >= 0.6 is 0 Å². The van der Waals surface area contributed by atoms with E-state index in [1.54, 1.807) is 0 Å². The summed E-state index contributed by atoms with van der Waals surface area (Å²) in [6, 6.07) is 6.69. The highest BCUT2D eigenvalue weighted by molar-refractivity contribution is 5.86. The summed E-state index contributed by atoms with van der Waals surface area (Å²) in [5.74, 6) is 1.07. The van der Waals surface area contributed by atoms with Crippen LogP contribution in [0.25, 0.3) is 10.9 Å². The minimum Gasteiger partial charge on any atom is -0.357 e. The van der Waals surface area contributed by atoms with Crippen LogP contribution in [0.5, 0.6) is 0 Å². The Morgan fingerprint density at radius 2 is 1.82 bits per heavy atom. The molecule has 1 aromatic heterocycles. The molecule has 2 nitrogen and oxygen atoms in total. The van der Waals surface area contributed by atoms with Gasteiger partial charge in [0, 0.05) is 23.1 Å². The Balaban J connectivity index is 2.69. The van der Waals surface area contributed by atoms with Crippen molar-refractivity contribution in [2.24, 2.45) is 5.73 Å². The normalized spacial score (nSPS) is 11.9. The zero-order valence-electron chi connectivity index (χ0n) is 11.2. The van der Waals surface area contributed by atoms with E-state index in [0.29, 0.717) is 18.4 Å². The lowest BCUT2D eigenvalue weighted by molar-refractivity contribution is 0.840. The average molecular weight is 230 g/mol. The third-order valence-corrected chi connectivity index (χ3v) is 3.39. The van der Waals surface area contributed by atoms with Crippen LogP contribution < -0.4 is 5.73 Å². The number of nitrogens with one attached hydrogen (secondary N) is 1. The van der Waals surface area contributed by atoms with Crippen molar-refractivity contribution in [2.75, 3.05) is 0 Å². The molecule has 0 saturated heterocycles. The first-order valence-electron chi connectivity index (χ1n) is 6.39. The zero-order chi connectivity index (χ0) is 12.6. The van der Waals surface area contributed by atoms with Crippen LogP contribution in [0.2, 0.25) is 0 Å². The quantitative estimate of drug-likeness (QED) is 0.825. The van der Waals surface area contributed by atoms with Gasteiger partial charge in [0.05, 0.1) is 0 Å². The fraction of sp³-hybridized carbons (Fsp3) is 0.467. The molecule has 0 spiro atoms. The molecule has 0 aliphatic heterocycles. The minimum absolute atomic E-state index is 0.504. The first-order valence-corrected chi connectivity index (χ1v) is 6.39. The van der Waals surface area contributed by atoms with E-state index in [0.717, 1.165) is 0 Å². The summed E-state index contributed by atoms with van der Waals surface area (Å²) in [5.41, 5.74) is 11.0. The number of aromatic amines is 1. The molecule has 1 aromatic carbocycles. The van der Waals surface area contributed by atoms with Gasteiger partial charge in [0.25, 0.3) is 0 Å². The van der Waals surface area contributed by atoms with E-state index >= 15 is 0 Å². The van der Waals surface area contributed by atoms with Crippen LogP contribution in [0.4, 0.5) is 0 Å². The van der Waals surface area contributed by atoms with Gasteiger partial charge in [-0.2, -0.15) is 0 Å². The van der Waals surface area contributed by atoms with Crippen molar-refractivity contribution < 1.29 is 0 Å². The predicted molar refractivity (Wildman–Crippen MR) is 74.4 cm³/mol. The van der Waals surface area contributed by atoms with Crippen LogP contribution in [0.1, 0.15) is 56.4 Å². The number of hydrogen-bond donors (Lipinski definition) is 2.